The van der Waals surface area contributed by atoms with Crippen LogP contribution in [0.1, 0.15) is 33.6 Å². The average Bonchev–Trinajstić information content (AvgIpc) is 3.07. The number of hydrogen-bond donors (Lipinski definition) is 3. The highest BCUT2D eigenvalue weighted by atomic mass is 127. The lowest BCUT2D eigenvalue weighted by molar-refractivity contribution is 0.0527. The first kappa shape index (κ1) is 25.5. The molecular formula is C19H32ClIN6O2. The molecule has 8 nitrogen and oxygen atoms in total. The van der Waals surface area contributed by atoms with Gasteiger partial charge in [-0.2, -0.15) is 0 Å². The Morgan fingerprint density at radius 2 is 2.10 bits per heavy atom. The number of pyridine rings is 1. The highest BCUT2D eigenvalue weighted by Crippen LogP contribution is 2.25. The second-order valence-corrected chi connectivity index (χ2v) is 8.07. The third kappa shape index (κ3) is 9.24. The van der Waals surface area contributed by atoms with E-state index in [2.05, 4.69) is 30.8 Å². The fraction of sp³-hybridized carbons (Fsp3) is 0.632. The maximum Gasteiger partial charge on any atom is 0.407 e. The van der Waals surface area contributed by atoms with Crippen LogP contribution in [-0.4, -0.2) is 61.9 Å². The summed E-state index contributed by atoms with van der Waals surface area (Å²) >= 11 is 6.24. The molecule has 1 unspecified atom stereocenters. The summed E-state index contributed by atoms with van der Waals surface area (Å²) in [6.45, 7) is 8.47. The topological polar surface area (TPSA) is 90.9 Å². The van der Waals surface area contributed by atoms with E-state index < -0.39 is 11.7 Å². The second kappa shape index (κ2) is 12.3. The van der Waals surface area contributed by atoms with Crippen molar-refractivity contribution in [2.45, 2.75) is 45.3 Å². The summed E-state index contributed by atoms with van der Waals surface area (Å²) in [5.41, 5.74) is -0.483. The van der Waals surface area contributed by atoms with E-state index in [1.54, 1.807) is 13.2 Å². The molecule has 0 bridgehead atoms. The van der Waals surface area contributed by atoms with E-state index in [0.29, 0.717) is 18.1 Å². The Hall–Kier alpha value is -1.49. The average molecular weight is 539 g/mol. The number of rotatable bonds is 6. The minimum Gasteiger partial charge on any atom is -0.444 e. The van der Waals surface area contributed by atoms with E-state index in [1.807, 2.05) is 32.9 Å². The fourth-order valence-electron chi connectivity index (χ4n) is 2.87. The molecule has 0 radical (unpaired) electrons. The summed E-state index contributed by atoms with van der Waals surface area (Å²) in [6.07, 6.45) is 3.11. The van der Waals surface area contributed by atoms with Crippen LogP contribution in [0.25, 0.3) is 0 Å². The summed E-state index contributed by atoms with van der Waals surface area (Å²) < 4.78 is 5.20. The first-order valence-corrected chi connectivity index (χ1v) is 9.96. The van der Waals surface area contributed by atoms with Crippen molar-refractivity contribution in [2.75, 3.05) is 38.1 Å². The number of aromatic nitrogens is 1. The number of guanidine groups is 1. The number of nitrogens with one attached hydrogen (secondary N) is 3. The van der Waals surface area contributed by atoms with Crippen molar-refractivity contribution in [3.63, 3.8) is 0 Å². The minimum absolute atomic E-state index is 0. The summed E-state index contributed by atoms with van der Waals surface area (Å²) in [4.78, 5) is 22.4. The number of carbonyl (C=O) groups is 1. The van der Waals surface area contributed by atoms with Gasteiger partial charge < -0.3 is 25.6 Å². The van der Waals surface area contributed by atoms with E-state index in [-0.39, 0.29) is 30.0 Å². The zero-order valence-electron chi connectivity index (χ0n) is 17.5. The van der Waals surface area contributed by atoms with Crippen molar-refractivity contribution in [1.29, 1.82) is 0 Å². The minimum atomic E-state index is -0.483. The van der Waals surface area contributed by atoms with E-state index in [1.165, 1.54) is 0 Å². The summed E-state index contributed by atoms with van der Waals surface area (Å²) in [5.74, 6) is 1.57. The Labute approximate surface area is 195 Å². The summed E-state index contributed by atoms with van der Waals surface area (Å²) in [7, 11) is 1.75. The standard InChI is InChI=1S/C19H31ClN6O2.HI/c1-19(2,3)28-18(27)24-11-6-10-23-17(21-4)25-14-8-12-26(13-14)16-15(20)7-5-9-22-16;/h5,7,9,14H,6,8,10-13H2,1-4H3,(H,24,27)(H2,21,23,25);1H. The fourth-order valence-corrected chi connectivity index (χ4v) is 3.11. The Balaban J connectivity index is 0.00000420. The molecule has 29 heavy (non-hydrogen) atoms. The van der Waals surface area contributed by atoms with Crippen molar-refractivity contribution in [1.82, 2.24) is 20.9 Å². The van der Waals surface area contributed by atoms with Gasteiger partial charge in [0, 0.05) is 45.5 Å². The number of amides is 1. The van der Waals surface area contributed by atoms with Crippen LogP contribution in [0.3, 0.4) is 0 Å². The summed E-state index contributed by atoms with van der Waals surface area (Å²) in [5, 5.41) is 10.1. The molecular weight excluding hydrogens is 507 g/mol. The maximum absolute atomic E-state index is 11.6. The van der Waals surface area contributed by atoms with Crippen molar-refractivity contribution in [3.05, 3.63) is 23.4 Å². The van der Waals surface area contributed by atoms with Gasteiger partial charge in [-0.1, -0.05) is 11.6 Å². The number of aliphatic imine (C=N–C) groups is 1. The van der Waals surface area contributed by atoms with Gasteiger partial charge in [-0.25, -0.2) is 9.78 Å². The normalized spacial score (nSPS) is 16.8. The zero-order valence-corrected chi connectivity index (χ0v) is 20.6. The maximum atomic E-state index is 11.6. The smallest absolute Gasteiger partial charge is 0.407 e. The number of carbonyl (C=O) groups excluding carboxylic acids is 1. The molecule has 0 aromatic carbocycles. The second-order valence-electron chi connectivity index (χ2n) is 7.67. The molecule has 1 fully saturated rings. The lowest BCUT2D eigenvalue weighted by atomic mass is 10.2. The quantitative estimate of drug-likeness (QED) is 0.223. The highest BCUT2D eigenvalue weighted by molar-refractivity contribution is 14.0. The van der Waals surface area contributed by atoms with Crippen LogP contribution < -0.4 is 20.9 Å². The van der Waals surface area contributed by atoms with E-state index in [4.69, 9.17) is 16.3 Å². The van der Waals surface area contributed by atoms with Crippen molar-refractivity contribution in [3.8, 4) is 0 Å². The van der Waals surface area contributed by atoms with Gasteiger partial charge in [-0.15, -0.1) is 24.0 Å². The van der Waals surface area contributed by atoms with Gasteiger partial charge in [0.2, 0.25) is 0 Å². The largest absolute Gasteiger partial charge is 0.444 e. The first-order chi connectivity index (χ1) is 13.3. The van der Waals surface area contributed by atoms with Crippen molar-refractivity contribution in [2.24, 2.45) is 4.99 Å². The molecule has 1 amide bonds. The van der Waals surface area contributed by atoms with Gasteiger partial charge in [0.1, 0.15) is 11.4 Å². The first-order valence-electron chi connectivity index (χ1n) is 9.58. The highest BCUT2D eigenvalue weighted by Gasteiger charge is 2.25. The van der Waals surface area contributed by atoms with Crippen LogP contribution in [0, 0.1) is 0 Å². The predicted molar refractivity (Wildman–Crippen MR) is 129 cm³/mol. The van der Waals surface area contributed by atoms with E-state index in [9.17, 15) is 4.79 Å². The van der Waals surface area contributed by atoms with Crippen LogP contribution in [0.4, 0.5) is 10.6 Å². The Kier molecular flexibility index (Phi) is 10.8. The molecule has 1 atom stereocenters. The molecule has 0 aliphatic carbocycles. The van der Waals surface area contributed by atoms with Gasteiger partial charge in [0.25, 0.3) is 0 Å². The molecule has 164 valence electrons. The number of anilines is 1. The zero-order chi connectivity index (χ0) is 20.6. The van der Waals surface area contributed by atoms with Crippen LogP contribution >= 0.6 is 35.6 Å². The monoisotopic (exact) mass is 538 g/mol. The van der Waals surface area contributed by atoms with Gasteiger partial charge in [-0.05, 0) is 45.7 Å². The lowest BCUT2D eigenvalue weighted by Crippen LogP contribution is -2.45. The van der Waals surface area contributed by atoms with Gasteiger partial charge in [0.15, 0.2) is 5.96 Å². The SMILES string of the molecule is CN=C(NCCCNC(=O)OC(C)(C)C)NC1CCN(c2ncccc2Cl)C1.I. The van der Waals surface area contributed by atoms with Crippen molar-refractivity contribution >= 4 is 53.4 Å². The molecule has 2 rings (SSSR count). The molecule has 10 heteroatoms. The van der Waals surface area contributed by atoms with Crippen LogP contribution in [0.15, 0.2) is 23.3 Å². The Morgan fingerprint density at radius 1 is 1.38 bits per heavy atom. The number of nitrogens with zero attached hydrogens (tertiary/aromatic N) is 3. The molecule has 1 aromatic heterocycles. The Bertz CT molecular complexity index is 683. The molecule has 3 N–H and O–H groups in total. The molecule has 0 saturated carbocycles. The van der Waals surface area contributed by atoms with Gasteiger partial charge >= 0.3 is 6.09 Å². The van der Waals surface area contributed by atoms with Crippen LogP contribution in [-0.2, 0) is 4.74 Å². The molecule has 1 aliphatic rings. The number of ether oxygens (including phenoxy) is 1. The molecule has 2 heterocycles. The van der Waals surface area contributed by atoms with Gasteiger partial charge in [-0.3, -0.25) is 4.99 Å². The molecule has 0 spiro atoms. The van der Waals surface area contributed by atoms with Crippen molar-refractivity contribution < 1.29 is 9.53 Å². The third-order valence-electron chi connectivity index (χ3n) is 4.11. The molecule has 1 aliphatic heterocycles. The predicted octanol–water partition coefficient (Wildman–Crippen LogP) is 3.01. The number of alkyl carbamates (subject to hydrolysis) is 1. The summed E-state index contributed by atoms with van der Waals surface area (Å²) in [6, 6.07) is 3.96. The van der Waals surface area contributed by atoms with E-state index in [0.717, 1.165) is 37.7 Å². The van der Waals surface area contributed by atoms with Gasteiger partial charge in [0.05, 0.1) is 5.02 Å². The lowest BCUT2D eigenvalue weighted by Gasteiger charge is -2.20. The number of halogens is 2. The molecule has 1 saturated heterocycles. The molecule has 1 aromatic rings. The van der Waals surface area contributed by atoms with E-state index >= 15 is 0 Å². The van der Waals surface area contributed by atoms with Crippen LogP contribution in [0.2, 0.25) is 5.02 Å². The van der Waals surface area contributed by atoms with Crippen LogP contribution in [0.5, 0.6) is 0 Å². The third-order valence-corrected chi connectivity index (χ3v) is 4.40. The Morgan fingerprint density at radius 3 is 2.76 bits per heavy atom. The number of hydrogen-bond acceptors (Lipinski definition) is 5.